The van der Waals surface area contributed by atoms with Crippen LogP contribution in [0.3, 0.4) is 0 Å². The van der Waals surface area contributed by atoms with Gasteiger partial charge in [-0.05, 0) is 71.6 Å². The van der Waals surface area contributed by atoms with Gasteiger partial charge in [0.05, 0.1) is 11.3 Å². The van der Waals surface area contributed by atoms with Crippen LogP contribution in [0.25, 0.3) is 0 Å². The lowest BCUT2D eigenvalue weighted by molar-refractivity contribution is -0.120. The number of rotatable bonds is 4. The summed E-state index contributed by atoms with van der Waals surface area (Å²) in [6.07, 6.45) is 4.68. The zero-order chi connectivity index (χ0) is 20.3. The Labute approximate surface area is 170 Å². The van der Waals surface area contributed by atoms with E-state index in [0.717, 1.165) is 38.2 Å². The first-order chi connectivity index (χ1) is 13.3. The Hall–Kier alpha value is -2.28. The van der Waals surface area contributed by atoms with E-state index < -0.39 is 11.7 Å². The Kier molecular flexibility index (Phi) is 6.44. The number of benzene rings is 2. The monoisotopic (exact) mass is 450 g/mol. The number of amides is 2. The normalized spacial score (nSPS) is 14.6. The second-order valence-corrected chi connectivity index (χ2v) is 7.91. The first-order valence-corrected chi connectivity index (χ1v) is 10.0. The second-order valence-electron chi connectivity index (χ2n) is 7.05. The van der Waals surface area contributed by atoms with Crippen molar-refractivity contribution in [1.29, 1.82) is 0 Å². The molecule has 0 unspecified atom stereocenters. The van der Waals surface area contributed by atoms with Gasteiger partial charge in [0.15, 0.2) is 0 Å². The largest absolute Gasteiger partial charge is 0.323 e. The van der Waals surface area contributed by atoms with Gasteiger partial charge in [0.25, 0.3) is 5.91 Å². The number of hydrogen-bond donors (Lipinski definition) is 2. The van der Waals surface area contributed by atoms with E-state index >= 15 is 0 Å². The van der Waals surface area contributed by atoms with Gasteiger partial charge >= 0.3 is 0 Å². The van der Waals surface area contributed by atoms with Crippen LogP contribution < -0.4 is 10.6 Å². The van der Waals surface area contributed by atoms with E-state index in [1.165, 1.54) is 24.3 Å². The SMILES string of the molecule is Cc1cc(NC(=O)c2cc(NC(=O)C3CCCCC3)c(F)cc2Br)ccc1F. The molecule has 0 aliphatic heterocycles. The fourth-order valence-corrected chi connectivity index (χ4v) is 3.83. The zero-order valence-electron chi connectivity index (χ0n) is 15.5. The van der Waals surface area contributed by atoms with Gasteiger partial charge in [-0.15, -0.1) is 0 Å². The Bertz CT molecular complexity index is 912. The number of hydrogen-bond acceptors (Lipinski definition) is 2. The van der Waals surface area contributed by atoms with Gasteiger partial charge in [-0.2, -0.15) is 0 Å². The average Bonchev–Trinajstić information content (AvgIpc) is 2.67. The van der Waals surface area contributed by atoms with E-state index in [-0.39, 0.29) is 33.4 Å². The third kappa shape index (κ3) is 4.76. The van der Waals surface area contributed by atoms with E-state index in [0.29, 0.717) is 11.3 Å². The van der Waals surface area contributed by atoms with Crippen molar-refractivity contribution in [1.82, 2.24) is 0 Å². The van der Waals surface area contributed by atoms with E-state index in [1.54, 1.807) is 6.92 Å². The van der Waals surface area contributed by atoms with Crippen molar-refractivity contribution in [2.75, 3.05) is 10.6 Å². The molecule has 28 heavy (non-hydrogen) atoms. The average molecular weight is 451 g/mol. The molecule has 0 heterocycles. The van der Waals surface area contributed by atoms with Crippen LogP contribution in [0.1, 0.15) is 48.0 Å². The quantitative estimate of drug-likeness (QED) is 0.617. The highest BCUT2D eigenvalue weighted by atomic mass is 79.9. The molecule has 0 spiro atoms. The highest BCUT2D eigenvalue weighted by Crippen LogP contribution is 2.29. The fraction of sp³-hybridized carbons (Fsp3) is 0.333. The van der Waals surface area contributed by atoms with Crippen LogP contribution in [0.4, 0.5) is 20.2 Å². The molecule has 0 radical (unpaired) electrons. The number of halogens is 3. The van der Waals surface area contributed by atoms with Crippen molar-refractivity contribution in [3.05, 3.63) is 57.6 Å². The molecule has 0 aromatic heterocycles. The summed E-state index contributed by atoms with van der Waals surface area (Å²) in [6.45, 7) is 1.59. The van der Waals surface area contributed by atoms with Crippen LogP contribution >= 0.6 is 15.9 Å². The number of carbonyl (C=O) groups is 2. The predicted molar refractivity (Wildman–Crippen MR) is 108 cm³/mol. The molecule has 1 saturated carbocycles. The summed E-state index contributed by atoms with van der Waals surface area (Å²) >= 11 is 3.19. The molecule has 0 atom stereocenters. The molecule has 2 amide bonds. The summed E-state index contributed by atoms with van der Waals surface area (Å²) in [6, 6.07) is 6.69. The molecule has 1 aliphatic carbocycles. The van der Waals surface area contributed by atoms with Crippen LogP contribution in [0, 0.1) is 24.5 Å². The number of aryl methyl sites for hydroxylation is 1. The molecule has 2 N–H and O–H groups in total. The number of anilines is 2. The highest BCUT2D eigenvalue weighted by Gasteiger charge is 2.23. The summed E-state index contributed by atoms with van der Waals surface area (Å²) < 4.78 is 28.0. The maximum absolute atomic E-state index is 14.3. The van der Waals surface area contributed by atoms with Crippen molar-refractivity contribution in [2.24, 2.45) is 5.92 Å². The molecule has 0 saturated heterocycles. The van der Waals surface area contributed by atoms with Gasteiger partial charge in [-0.1, -0.05) is 19.3 Å². The van der Waals surface area contributed by atoms with Gasteiger partial charge < -0.3 is 10.6 Å². The van der Waals surface area contributed by atoms with E-state index in [2.05, 4.69) is 26.6 Å². The molecule has 7 heteroatoms. The summed E-state index contributed by atoms with van der Waals surface area (Å²) in [7, 11) is 0. The van der Waals surface area contributed by atoms with E-state index in [4.69, 9.17) is 0 Å². The zero-order valence-corrected chi connectivity index (χ0v) is 17.0. The Morgan fingerprint density at radius 2 is 1.71 bits per heavy atom. The Morgan fingerprint density at radius 3 is 2.39 bits per heavy atom. The Balaban J connectivity index is 1.78. The van der Waals surface area contributed by atoms with E-state index in [1.807, 2.05) is 0 Å². The van der Waals surface area contributed by atoms with E-state index in [9.17, 15) is 18.4 Å². The van der Waals surface area contributed by atoms with Gasteiger partial charge in [0.1, 0.15) is 11.6 Å². The lowest BCUT2D eigenvalue weighted by Crippen LogP contribution is -2.25. The summed E-state index contributed by atoms with van der Waals surface area (Å²) in [5.74, 6) is -1.83. The Morgan fingerprint density at radius 1 is 1.00 bits per heavy atom. The van der Waals surface area contributed by atoms with Crippen molar-refractivity contribution >= 4 is 39.1 Å². The topological polar surface area (TPSA) is 58.2 Å². The molecule has 1 fully saturated rings. The van der Waals surface area contributed by atoms with Gasteiger partial charge in [0, 0.05) is 16.1 Å². The molecule has 0 bridgehead atoms. The van der Waals surface area contributed by atoms with Gasteiger partial charge in [0.2, 0.25) is 5.91 Å². The number of nitrogens with one attached hydrogen (secondary N) is 2. The van der Waals surface area contributed by atoms with Crippen molar-refractivity contribution < 1.29 is 18.4 Å². The maximum Gasteiger partial charge on any atom is 0.256 e. The molecule has 2 aromatic carbocycles. The minimum Gasteiger partial charge on any atom is -0.323 e. The molecule has 1 aliphatic rings. The predicted octanol–water partition coefficient (Wildman–Crippen LogP) is 5.81. The lowest BCUT2D eigenvalue weighted by atomic mass is 9.88. The third-order valence-electron chi connectivity index (χ3n) is 4.95. The minimum atomic E-state index is -0.620. The first kappa shape index (κ1) is 20.5. The summed E-state index contributed by atoms with van der Waals surface area (Å²) in [4.78, 5) is 25.0. The van der Waals surface area contributed by atoms with Crippen LogP contribution in [-0.4, -0.2) is 11.8 Å². The van der Waals surface area contributed by atoms with Crippen molar-refractivity contribution in [2.45, 2.75) is 39.0 Å². The first-order valence-electron chi connectivity index (χ1n) is 9.22. The minimum absolute atomic E-state index is 0.0285. The number of carbonyl (C=O) groups excluding carboxylic acids is 2. The van der Waals surface area contributed by atoms with Crippen molar-refractivity contribution in [3.63, 3.8) is 0 Å². The van der Waals surface area contributed by atoms with Gasteiger partial charge in [-0.3, -0.25) is 9.59 Å². The second kappa shape index (κ2) is 8.82. The molecule has 148 valence electrons. The van der Waals surface area contributed by atoms with Crippen LogP contribution in [-0.2, 0) is 4.79 Å². The smallest absolute Gasteiger partial charge is 0.256 e. The maximum atomic E-state index is 14.3. The third-order valence-corrected chi connectivity index (χ3v) is 5.61. The molecular formula is C21H21BrF2N2O2. The van der Waals surface area contributed by atoms with Crippen molar-refractivity contribution in [3.8, 4) is 0 Å². The highest BCUT2D eigenvalue weighted by molar-refractivity contribution is 9.10. The molecule has 2 aromatic rings. The van der Waals surface area contributed by atoms with Crippen LogP contribution in [0.2, 0.25) is 0 Å². The fourth-order valence-electron chi connectivity index (χ4n) is 3.34. The molecular weight excluding hydrogens is 430 g/mol. The summed E-state index contributed by atoms with van der Waals surface area (Å²) in [5.41, 5.74) is 0.964. The van der Waals surface area contributed by atoms with Crippen LogP contribution in [0.5, 0.6) is 0 Å². The standard InChI is InChI=1S/C21H21BrF2N2O2/c1-12-9-14(7-8-17(12)23)25-21(28)15-10-19(18(24)11-16(15)22)26-20(27)13-5-3-2-4-6-13/h7-11,13H,2-6H2,1H3,(H,25,28)(H,26,27). The lowest BCUT2D eigenvalue weighted by Gasteiger charge is -2.21. The van der Waals surface area contributed by atoms with Gasteiger partial charge in [-0.25, -0.2) is 8.78 Å². The molecule has 3 rings (SSSR count). The van der Waals surface area contributed by atoms with Crippen LogP contribution in [0.15, 0.2) is 34.8 Å². The summed E-state index contributed by atoms with van der Waals surface area (Å²) in [5, 5.41) is 5.28. The molecule has 4 nitrogen and oxygen atoms in total.